The molecule has 0 spiro atoms. The van der Waals surface area contributed by atoms with E-state index >= 15 is 0 Å². The van der Waals surface area contributed by atoms with Gasteiger partial charge < -0.3 is 4.74 Å². The van der Waals surface area contributed by atoms with Crippen LogP contribution in [0.3, 0.4) is 0 Å². The summed E-state index contributed by atoms with van der Waals surface area (Å²) in [6, 6.07) is 13.1. The number of imide groups is 1. The van der Waals surface area contributed by atoms with Gasteiger partial charge in [0.2, 0.25) is 0 Å². The molecule has 1 heterocycles. The van der Waals surface area contributed by atoms with Crippen LogP contribution < -0.4 is 4.74 Å². The van der Waals surface area contributed by atoms with E-state index in [-0.39, 0.29) is 23.7 Å². The summed E-state index contributed by atoms with van der Waals surface area (Å²) in [5, 5.41) is 10.3. The molecule has 0 radical (unpaired) electrons. The highest BCUT2D eigenvalue weighted by Crippen LogP contribution is 2.33. The first-order valence-corrected chi connectivity index (χ1v) is 8.95. The van der Waals surface area contributed by atoms with Crippen molar-refractivity contribution in [3.05, 3.63) is 74.7 Å². The first kappa shape index (κ1) is 19.2. The Morgan fingerprint density at radius 2 is 1.89 bits per heavy atom. The molecule has 7 nitrogen and oxygen atoms in total. The predicted octanol–water partition coefficient (Wildman–Crippen LogP) is 3.84. The van der Waals surface area contributed by atoms with Gasteiger partial charge in [-0.15, -0.1) is 6.42 Å². The van der Waals surface area contributed by atoms with Crippen molar-refractivity contribution < 1.29 is 19.2 Å². The van der Waals surface area contributed by atoms with Gasteiger partial charge in [-0.2, -0.15) is 0 Å². The van der Waals surface area contributed by atoms with Gasteiger partial charge in [-0.05, 0) is 41.6 Å². The highest BCUT2D eigenvalue weighted by molar-refractivity contribution is 8.18. The normalized spacial score (nSPS) is 15.0. The SMILES string of the molecule is C#CCN1C(=O)S/C(=C/c2ccccc2OCc2ccc([N+](=O)[O-])cc2)C1=O. The number of non-ortho nitro benzene ring substituents is 1. The monoisotopic (exact) mass is 394 g/mol. The minimum atomic E-state index is -0.465. The van der Waals surface area contributed by atoms with Gasteiger partial charge in [-0.25, -0.2) is 0 Å². The number of carbonyl (C=O) groups excluding carboxylic acids is 2. The number of rotatable bonds is 6. The minimum absolute atomic E-state index is 0.00634. The molecular formula is C20H14N2O5S. The van der Waals surface area contributed by atoms with E-state index in [4.69, 9.17) is 11.2 Å². The van der Waals surface area contributed by atoms with Gasteiger partial charge in [0.1, 0.15) is 12.4 Å². The summed E-state index contributed by atoms with van der Waals surface area (Å²) < 4.78 is 5.80. The smallest absolute Gasteiger partial charge is 0.294 e. The number of carbonyl (C=O) groups is 2. The van der Waals surface area contributed by atoms with Crippen molar-refractivity contribution in [1.82, 2.24) is 4.90 Å². The number of ether oxygens (including phenoxy) is 1. The van der Waals surface area contributed by atoms with E-state index in [1.165, 1.54) is 12.1 Å². The molecule has 0 aromatic heterocycles. The number of nitro benzene ring substituents is 1. The maximum atomic E-state index is 12.3. The summed E-state index contributed by atoms with van der Waals surface area (Å²) in [5.74, 6) is 2.38. The van der Waals surface area contributed by atoms with Gasteiger partial charge in [0.25, 0.3) is 16.8 Å². The molecule has 1 saturated heterocycles. The fourth-order valence-electron chi connectivity index (χ4n) is 2.48. The number of hydrogen-bond acceptors (Lipinski definition) is 6. The van der Waals surface area contributed by atoms with Crippen LogP contribution in [0, 0.1) is 22.5 Å². The Labute approximate surface area is 165 Å². The zero-order valence-electron chi connectivity index (χ0n) is 14.5. The fraction of sp³-hybridized carbons (Fsp3) is 0.100. The van der Waals surface area contributed by atoms with E-state index in [0.29, 0.717) is 11.3 Å². The Morgan fingerprint density at radius 3 is 2.57 bits per heavy atom. The molecule has 1 aliphatic rings. The molecule has 0 bridgehead atoms. The molecule has 0 unspecified atom stereocenters. The quantitative estimate of drug-likeness (QED) is 0.320. The van der Waals surface area contributed by atoms with Crippen LogP contribution in [0.4, 0.5) is 10.5 Å². The molecule has 2 aromatic carbocycles. The standard InChI is InChI=1S/C20H14N2O5S/c1-2-11-21-19(23)18(28-20(21)24)12-15-5-3-4-6-17(15)27-13-14-7-9-16(10-8-14)22(25)26/h1,3-10,12H,11,13H2/b18-12+. The van der Waals surface area contributed by atoms with E-state index in [0.717, 1.165) is 22.2 Å². The zero-order chi connectivity index (χ0) is 20.1. The molecular weight excluding hydrogens is 380 g/mol. The van der Waals surface area contributed by atoms with Gasteiger partial charge in [0.15, 0.2) is 0 Å². The first-order valence-electron chi connectivity index (χ1n) is 8.13. The summed E-state index contributed by atoms with van der Waals surface area (Å²) >= 11 is 0.828. The largest absolute Gasteiger partial charge is 0.488 e. The molecule has 140 valence electrons. The second-order valence-electron chi connectivity index (χ2n) is 5.72. The van der Waals surface area contributed by atoms with Crippen molar-refractivity contribution in [2.75, 3.05) is 6.54 Å². The first-order chi connectivity index (χ1) is 13.5. The van der Waals surface area contributed by atoms with Crippen molar-refractivity contribution in [3.63, 3.8) is 0 Å². The maximum absolute atomic E-state index is 12.3. The number of hydrogen-bond donors (Lipinski definition) is 0. The van der Waals surface area contributed by atoms with Crippen LogP contribution >= 0.6 is 11.8 Å². The Hall–Kier alpha value is -3.57. The number of terminal acetylenes is 1. The zero-order valence-corrected chi connectivity index (χ0v) is 15.3. The van der Waals surface area contributed by atoms with Gasteiger partial charge in [0.05, 0.1) is 16.4 Å². The van der Waals surface area contributed by atoms with E-state index in [1.807, 2.05) is 0 Å². The summed E-state index contributed by atoms with van der Waals surface area (Å²) in [5.41, 5.74) is 1.40. The molecule has 0 aliphatic carbocycles. The third-order valence-corrected chi connectivity index (χ3v) is 4.78. The Kier molecular flexibility index (Phi) is 5.77. The topological polar surface area (TPSA) is 89.8 Å². The lowest BCUT2D eigenvalue weighted by Gasteiger charge is -2.10. The summed E-state index contributed by atoms with van der Waals surface area (Å²) in [4.78, 5) is 35.7. The van der Waals surface area contributed by atoms with E-state index in [1.54, 1.807) is 42.5 Å². The summed E-state index contributed by atoms with van der Waals surface area (Å²) in [6.45, 7) is 0.127. The Morgan fingerprint density at radius 1 is 1.18 bits per heavy atom. The molecule has 1 fully saturated rings. The fourth-order valence-corrected chi connectivity index (χ4v) is 3.30. The van der Waals surface area contributed by atoms with Crippen LogP contribution in [0.2, 0.25) is 0 Å². The molecule has 0 atom stereocenters. The highest BCUT2D eigenvalue weighted by Gasteiger charge is 2.34. The second kappa shape index (κ2) is 8.41. The molecule has 2 amide bonds. The van der Waals surface area contributed by atoms with Crippen molar-refractivity contribution in [2.45, 2.75) is 6.61 Å². The predicted molar refractivity (Wildman–Crippen MR) is 105 cm³/mol. The average molecular weight is 394 g/mol. The van der Waals surface area contributed by atoms with Gasteiger partial charge in [0, 0.05) is 17.7 Å². The van der Waals surface area contributed by atoms with Crippen LogP contribution in [-0.2, 0) is 11.4 Å². The van der Waals surface area contributed by atoms with Gasteiger partial charge in [-0.3, -0.25) is 24.6 Å². The number of amides is 2. The third kappa shape index (κ3) is 4.22. The number of nitrogens with zero attached hydrogens (tertiary/aromatic N) is 2. The Bertz CT molecular complexity index is 1010. The van der Waals surface area contributed by atoms with Crippen molar-refractivity contribution in [1.29, 1.82) is 0 Å². The molecule has 8 heteroatoms. The number of nitro groups is 1. The highest BCUT2D eigenvalue weighted by atomic mass is 32.2. The summed E-state index contributed by atoms with van der Waals surface area (Å²) in [6.07, 6.45) is 6.78. The lowest BCUT2D eigenvalue weighted by Crippen LogP contribution is -2.28. The minimum Gasteiger partial charge on any atom is -0.488 e. The molecule has 0 saturated carbocycles. The lowest BCUT2D eigenvalue weighted by atomic mass is 10.1. The van der Waals surface area contributed by atoms with E-state index in [9.17, 15) is 19.7 Å². The van der Waals surface area contributed by atoms with Crippen molar-refractivity contribution >= 4 is 34.7 Å². The van der Waals surface area contributed by atoms with Crippen molar-refractivity contribution in [3.8, 4) is 18.1 Å². The van der Waals surface area contributed by atoms with Crippen molar-refractivity contribution in [2.24, 2.45) is 0 Å². The van der Waals surface area contributed by atoms with Crippen LogP contribution in [-0.4, -0.2) is 27.5 Å². The van der Waals surface area contributed by atoms with Crippen LogP contribution in [0.5, 0.6) is 5.75 Å². The molecule has 3 rings (SSSR count). The second-order valence-corrected chi connectivity index (χ2v) is 6.72. The van der Waals surface area contributed by atoms with Crippen LogP contribution in [0.15, 0.2) is 53.4 Å². The Balaban J connectivity index is 1.77. The lowest BCUT2D eigenvalue weighted by molar-refractivity contribution is -0.384. The maximum Gasteiger partial charge on any atom is 0.294 e. The average Bonchev–Trinajstić information content (AvgIpc) is 2.95. The van der Waals surface area contributed by atoms with E-state index in [2.05, 4.69) is 5.92 Å². The molecule has 0 N–H and O–H groups in total. The van der Waals surface area contributed by atoms with Crippen LogP contribution in [0.25, 0.3) is 6.08 Å². The molecule has 2 aromatic rings. The van der Waals surface area contributed by atoms with E-state index < -0.39 is 16.1 Å². The third-order valence-electron chi connectivity index (χ3n) is 3.87. The number of thioether (sulfide) groups is 1. The van der Waals surface area contributed by atoms with Crippen LogP contribution in [0.1, 0.15) is 11.1 Å². The summed E-state index contributed by atoms with van der Waals surface area (Å²) in [7, 11) is 0. The molecule has 1 aliphatic heterocycles. The number of para-hydroxylation sites is 1. The van der Waals surface area contributed by atoms with Gasteiger partial charge in [-0.1, -0.05) is 24.1 Å². The van der Waals surface area contributed by atoms with Gasteiger partial charge >= 0.3 is 0 Å². The number of benzene rings is 2. The molecule has 28 heavy (non-hydrogen) atoms.